The van der Waals surface area contributed by atoms with Gasteiger partial charge in [-0.3, -0.25) is 0 Å². The Bertz CT molecular complexity index is 11.2. The van der Waals surface area contributed by atoms with Gasteiger partial charge in [0, 0.05) is 35.4 Å². The third-order valence-electron chi connectivity index (χ3n) is 0. The number of aliphatic hydroxyl groups is 2. The van der Waals surface area contributed by atoms with Crippen LogP contribution in [-0.2, 0) is 21.7 Å². The summed E-state index contributed by atoms with van der Waals surface area (Å²) in [5, 5.41) is 14.6. The molecule has 0 heterocycles. The van der Waals surface area contributed by atoms with Crippen LogP contribution in [0.15, 0.2) is 0 Å². The van der Waals surface area contributed by atoms with Crippen LogP contribution in [-0.4, -0.2) is 34.9 Å². The van der Waals surface area contributed by atoms with Gasteiger partial charge in [-0.15, -0.1) is 0 Å². The van der Waals surface area contributed by atoms with Gasteiger partial charge < -0.3 is 21.2 Å². The normalized spacial score (nSPS) is 3.00. The van der Waals surface area contributed by atoms with Gasteiger partial charge in [-0.05, 0) is 6.92 Å². The Balaban J connectivity index is -0.00000000567. The smallest absolute Gasteiger partial charge is 0.0402 e. The Morgan fingerprint density at radius 2 is 1.12 bits per heavy atom. The van der Waals surface area contributed by atoms with Gasteiger partial charge in [-0.1, -0.05) is 0 Å². The molecular formula is C3H12O4Ti-2. The molecule has 4 nitrogen and oxygen atoms in total. The molecule has 54 valence electrons. The van der Waals surface area contributed by atoms with E-state index in [9.17, 15) is 0 Å². The summed E-state index contributed by atoms with van der Waals surface area (Å²) in [7, 11) is 1.00. The van der Waals surface area contributed by atoms with Crippen molar-refractivity contribution in [1.82, 2.24) is 0 Å². The van der Waals surface area contributed by atoms with Crippen LogP contribution in [0.4, 0.5) is 0 Å². The Hall–Kier alpha value is 0.554. The predicted octanol–water partition coefficient (Wildman–Crippen LogP) is -0.749. The van der Waals surface area contributed by atoms with E-state index in [1.807, 2.05) is 0 Å². The maximum atomic E-state index is 7.57. The van der Waals surface area contributed by atoms with Gasteiger partial charge in [-0.2, -0.15) is 0 Å². The van der Waals surface area contributed by atoms with Crippen molar-refractivity contribution in [2.45, 2.75) is 6.92 Å². The van der Waals surface area contributed by atoms with Crippen molar-refractivity contribution in [3.8, 4) is 0 Å². The largest absolute Gasteiger partial charge is 0.870 e. The van der Waals surface area contributed by atoms with E-state index in [2.05, 4.69) is 0 Å². The first-order valence-corrected chi connectivity index (χ1v) is 1.47. The van der Waals surface area contributed by atoms with Gasteiger partial charge in [0.2, 0.25) is 0 Å². The summed E-state index contributed by atoms with van der Waals surface area (Å²) in [6, 6.07) is 0. The number of rotatable bonds is 0. The molecule has 4 N–H and O–H groups in total. The van der Waals surface area contributed by atoms with E-state index in [1.165, 1.54) is 0 Å². The zero-order valence-electron chi connectivity index (χ0n) is 5.00. The minimum absolute atomic E-state index is 0. The van der Waals surface area contributed by atoms with Crippen molar-refractivity contribution in [2.75, 3.05) is 13.7 Å². The molecule has 0 radical (unpaired) electrons. The molecule has 0 saturated carbocycles. The fourth-order valence-electron chi connectivity index (χ4n) is 0. The van der Waals surface area contributed by atoms with Crippen molar-refractivity contribution in [3.63, 3.8) is 0 Å². The predicted molar refractivity (Wildman–Crippen MR) is 24.8 cm³/mol. The average molecular weight is 160 g/mol. The van der Waals surface area contributed by atoms with Gasteiger partial charge in [0.05, 0.1) is 0 Å². The molecule has 0 rings (SSSR count). The second-order valence-electron chi connectivity index (χ2n) is 0.316. The molecule has 0 aliphatic heterocycles. The molecule has 0 aromatic heterocycles. The molecule has 8 heavy (non-hydrogen) atoms. The summed E-state index contributed by atoms with van der Waals surface area (Å²) in [6.45, 7) is 1.93. The van der Waals surface area contributed by atoms with Crippen LogP contribution in [0.25, 0.3) is 0 Å². The van der Waals surface area contributed by atoms with E-state index in [0.29, 0.717) is 0 Å². The first-order chi connectivity index (χ1) is 2.41. The minimum atomic E-state index is 0. The Morgan fingerprint density at radius 1 is 1.12 bits per heavy atom. The molecule has 0 amide bonds. The van der Waals surface area contributed by atoms with Crippen molar-refractivity contribution in [2.24, 2.45) is 0 Å². The number of hydrogen-bond acceptors (Lipinski definition) is 4. The molecule has 0 aromatic carbocycles. The fraction of sp³-hybridized carbons (Fsp3) is 1.00. The second-order valence-corrected chi connectivity index (χ2v) is 0.316. The second kappa shape index (κ2) is 134. The third-order valence-corrected chi connectivity index (χ3v) is 0. The fourth-order valence-corrected chi connectivity index (χ4v) is 0. The molecule has 0 saturated heterocycles. The Labute approximate surface area is 64.0 Å². The van der Waals surface area contributed by atoms with Crippen molar-refractivity contribution in [1.29, 1.82) is 0 Å². The van der Waals surface area contributed by atoms with Gasteiger partial charge in [0.25, 0.3) is 0 Å². The summed E-state index contributed by atoms with van der Waals surface area (Å²) in [5.74, 6) is 0. The molecule has 0 aromatic rings. The molecule has 0 aliphatic rings. The van der Waals surface area contributed by atoms with Gasteiger partial charge in [0.1, 0.15) is 0 Å². The van der Waals surface area contributed by atoms with Crippen LogP contribution in [0.2, 0.25) is 0 Å². The molecule has 0 spiro atoms. The molecule has 0 fully saturated rings. The first kappa shape index (κ1) is 38.6. The summed E-state index contributed by atoms with van der Waals surface area (Å²) < 4.78 is 0. The van der Waals surface area contributed by atoms with Gasteiger partial charge in [-0.25, -0.2) is 0 Å². The molecule has 0 aliphatic carbocycles. The van der Waals surface area contributed by atoms with E-state index in [1.54, 1.807) is 6.92 Å². The summed E-state index contributed by atoms with van der Waals surface area (Å²) in [4.78, 5) is 0. The number of aliphatic hydroxyl groups excluding tert-OH is 2. The van der Waals surface area contributed by atoms with Crippen LogP contribution < -0.4 is 0 Å². The zero-order chi connectivity index (χ0) is 4.71. The average Bonchev–Trinajstić information content (AvgIpc) is 1.46. The van der Waals surface area contributed by atoms with Crippen molar-refractivity contribution in [3.05, 3.63) is 0 Å². The van der Waals surface area contributed by atoms with Crippen LogP contribution in [0.5, 0.6) is 0 Å². The maximum Gasteiger partial charge on any atom is 0.0402 e. The third kappa shape index (κ3) is 658. The summed E-state index contributed by atoms with van der Waals surface area (Å²) >= 11 is 0. The van der Waals surface area contributed by atoms with Gasteiger partial charge >= 0.3 is 0 Å². The molecule has 0 unspecified atom stereocenters. The summed E-state index contributed by atoms with van der Waals surface area (Å²) in [5.41, 5.74) is 0. The Kier molecular flexibility index (Phi) is 649. The molecule has 0 bridgehead atoms. The Morgan fingerprint density at radius 3 is 1.12 bits per heavy atom. The SMILES string of the molecule is CCO.CO.[OH-].[OH-].[Ti]. The minimum Gasteiger partial charge on any atom is -0.870 e. The van der Waals surface area contributed by atoms with Crippen molar-refractivity contribution >= 4 is 0 Å². The zero-order valence-corrected chi connectivity index (χ0v) is 6.56. The van der Waals surface area contributed by atoms with Crippen LogP contribution in [0, 0.1) is 0 Å². The van der Waals surface area contributed by atoms with E-state index >= 15 is 0 Å². The van der Waals surface area contributed by atoms with E-state index in [0.717, 1.165) is 7.11 Å². The quantitative estimate of drug-likeness (QED) is 0.455. The standard InChI is InChI=1S/C2H6O.CH4O.2H2O.Ti/c1-2-3;1-2;;;/h3H,2H2,1H3;2H,1H3;2*1H2;/p-2. The van der Waals surface area contributed by atoms with Crippen molar-refractivity contribution < 1.29 is 42.9 Å². The first-order valence-electron chi connectivity index (χ1n) is 1.47. The van der Waals surface area contributed by atoms with Crippen LogP contribution >= 0.6 is 0 Å². The monoisotopic (exact) mass is 160 g/mol. The van der Waals surface area contributed by atoms with Crippen LogP contribution in [0.1, 0.15) is 6.92 Å². The molecule has 5 heteroatoms. The molecular weight excluding hydrogens is 148 g/mol. The summed E-state index contributed by atoms with van der Waals surface area (Å²) in [6.07, 6.45) is 0. The van der Waals surface area contributed by atoms with Gasteiger partial charge in [0.15, 0.2) is 0 Å². The molecule has 0 atom stereocenters. The van der Waals surface area contributed by atoms with E-state index in [4.69, 9.17) is 10.2 Å². The topological polar surface area (TPSA) is 100 Å². The maximum absolute atomic E-state index is 7.57. The number of hydrogen-bond donors (Lipinski definition) is 2. The van der Waals surface area contributed by atoms with E-state index in [-0.39, 0.29) is 39.3 Å². The van der Waals surface area contributed by atoms with E-state index < -0.39 is 0 Å². The van der Waals surface area contributed by atoms with Crippen LogP contribution in [0.3, 0.4) is 0 Å².